The molecule has 4 heterocycles. The minimum Gasteiger partial charge on any atom is -0.339 e. The first kappa shape index (κ1) is 14.6. The lowest BCUT2D eigenvalue weighted by atomic mass is 10.0. The van der Waals surface area contributed by atoms with Gasteiger partial charge in [-0.05, 0) is 51.6 Å². The highest BCUT2D eigenvalue weighted by Crippen LogP contribution is 2.32. The molecule has 2 saturated heterocycles. The number of rotatable bonds is 2. The zero-order chi connectivity index (χ0) is 15.8. The fraction of sp³-hybridized carbons (Fsp3) is 0.588. The van der Waals surface area contributed by atoms with Gasteiger partial charge in [-0.1, -0.05) is 5.16 Å². The van der Waals surface area contributed by atoms with Crippen molar-refractivity contribution in [2.24, 2.45) is 0 Å². The zero-order valence-corrected chi connectivity index (χ0v) is 13.5. The molecule has 0 aromatic carbocycles. The Morgan fingerprint density at radius 2 is 2.13 bits per heavy atom. The number of hydrogen-bond acceptors (Lipinski definition) is 5. The van der Waals surface area contributed by atoms with Crippen LogP contribution in [0.4, 0.5) is 0 Å². The Kier molecular flexibility index (Phi) is 3.77. The summed E-state index contributed by atoms with van der Waals surface area (Å²) in [6.45, 7) is 4.55. The Morgan fingerprint density at radius 3 is 2.87 bits per heavy atom. The van der Waals surface area contributed by atoms with E-state index in [4.69, 9.17) is 4.52 Å². The largest absolute Gasteiger partial charge is 0.339 e. The molecule has 23 heavy (non-hydrogen) atoms. The van der Waals surface area contributed by atoms with Crippen LogP contribution in [0.2, 0.25) is 0 Å². The maximum Gasteiger partial charge on any atom is 0.259 e. The van der Waals surface area contributed by atoms with Crippen LogP contribution in [0.5, 0.6) is 0 Å². The summed E-state index contributed by atoms with van der Waals surface area (Å²) in [5, 5.41) is 8.47. The summed E-state index contributed by atoms with van der Waals surface area (Å²) in [7, 11) is 0. The monoisotopic (exact) mass is 314 g/mol. The number of hydrogen-bond donors (Lipinski definition) is 1. The molecule has 2 fully saturated rings. The SMILES string of the molecule is Cc1cc(C(=O)N2CCCCC2)c2c(C3CCCN3)noc2n1. The number of aromatic nitrogens is 2. The second kappa shape index (κ2) is 5.92. The van der Waals surface area contributed by atoms with E-state index in [1.165, 1.54) is 6.42 Å². The van der Waals surface area contributed by atoms with E-state index in [0.717, 1.165) is 62.1 Å². The number of nitrogens with one attached hydrogen (secondary N) is 1. The Hall–Kier alpha value is -1.95. The molecule has 1 unspecified atom stereocenters. The van der Waals surface area contributed by atoms with Crippen molar-refractivity contribution in [3.05, 3.63) is 23.0 Å². The van der Waals surface area contributed by atoms with Gasteiger partial charge in [-0.3, -0.25) is 4.79 Å². The predicted molar refractivity (Wildman–Crippen MR) is 86.3 cm³/mol. The number of likely N-dealkylation sites (tertiary alicyclic amines) is 1. The fourth-order valence-corrected chi connectivity index (χ4v) is 3.69. The van der Waals surface area contributed by atoms with E-state index in [-0.39, 0.29) is 11.9 Å². The quantitative estimate of drug-likeness (QED) is 0.922. The summed E-state index contributed by atoms with van der Waals surface area (Å²) < 4.78 is 5.45. The van der Waals surface area contributed by atoms with Crippen LogP contribution in [0.25, 0.3) is 11.1 Å². The molecule has 1 N–H and O–H groups in total. The molecule has 0 bridgehead atoms. The number of fused-ring (bicyclic) bond motifs is 1. The molecule has 1 amide bonds. The number of aryl methyl sites for hydroxylation is 1. The summed E-state index contributed by atoms with van der Waals surface area (Å²) in [4.78, 5) is 19.4. The smallest absolute Gasteiger partial charge is 0.259 e. The van der Waals surface area contributed by atoms with Gasteiger partial charge in [0.25, 0.3) is 11.6 Å². The Bertz CT molecular complexity index is 728. The second-order valence-corrected chi connectivity index (χ2v) is 6.56. The number of pyridine rings is 1. The molecule has 122 valence electrons. The topological polar surface area (TPSA) is 71.3 Å². The van der Waals surface area contributed by atoms with Crippen molar-refractivity contribution >= 4 is 17.0 Å². The highest BCUT2D eigenvalue weighted by Gasteiger charge is 2.29. The highest BCUT2D eigenvalue weighted by molar-refractivity contribution is 6.06. The normalized spacial score (nSPS) is 22.0. The summed E-state index contributed by atoms with van der Waals surface area (Å²) >= 11 is 0. The Balaban J connectivity index is 1.80. The number of carbonyl (C=O) groups excluding carboxylic acids is 1. The van der Waals surface area contributed by atoms with Gasteiger partial charge in [0.1, 0.15) is 5.69 Å². The van der Waals surface area contributed by atoms with Gasteiger partial charge in [0.2, 0.25) is 0 Å². The minimum atomic E-state index is 0.0858. The van der Waals surface area contributed by atoms with Crippen molar-refractivity contribution in [1.82, 2.24) is 20.4 Å². The van der Waals surface area contributed by atoms with E-state index < -0.39 is 0 Å². The van der Waals surface area contributed by atoms with Gasteiger partial charge in [0.15, 0.2) is 0 Å². The molecular weight excluding hydrogens is 292 g/mol. The molecule has 2 aromatic heterocycles. The molecule has 6 heteroatoms. The molecule has 1 atom stereocenters. The van der Waals surface area contributed by atoms with Gasteiger partial charge in [-0.25, -0.2) is 4.98 Å². The van der Waals surface area contributed by atoms with Crippen LogP contribution < -0.4 is 5.32 Å². The third-order valence-corrected chi connectivity index (χ3v) is 4.86. The first-order valence-electron chi connectivity index (χ1n) is 8.53. The van der Waals surface area contributed by atoms with Crippen molar-refractivity contribution in [3.8, 4) is 0 Å². The summed E-state index contributed by atoms with van der Waals surface area (Å²) in [6, 6.07) is 2.04. The first-order chi connectivity index (χ1) is 11.2. The molecule has 0 aliphatic carbocycles. The zero-order valence-electron chi connectivity index (χ0n) is 13.5. The van der Waals surface area contributed by atoms with Crippen molar-refractivity contribution in [3.63, 3.8) is 0 Å². The van der Waals surface area contributed by atoms with Gasteiger partial charge < -0.3 is 14.7 Å². The lowest BCUT2D eigenvalue weighted by Gasteiger charge is -2.27. The Morgan fingerprint density at radius 1 is 1.30 bits per heavy atom. The molecule has 0 saturated carbocycles. The van der Waals surface area contributed by atoms with Crippen LogP contribution in [0.3, 0.4) is 0 Å². The van der Waals surface area contributed by atoms with Gasteiger partial charge in [0, 0.05) is 18.8 Å². The average molecular weight is 314 g/mol. The standard InChI is InChI=1S/C17H22N4O2/c1-11-10-12(17(22)21-8-3-2-4-9-21)14-15(13-6-5-7-18-13)20-23-16(14)19-11/h10,13,18H,2-9H2,1H3. The number of piperidine rings is 1. The summed E-state index contributed by atoms with van der Waals surface area (Å²) in [5.74, 6) is 0.0858. The molecule has 2 aliphatic rings. The van der Waals surface area contributed by atoms with Crippen LogP contribution >= 0.6 is 0 Å². The van der Waals surface area contributed by atoms with Gasteiger partial charge in [-0.15, -0.1) is 0 Å². The van der Waals surface area contributed by atoms with Crippen LogP contribution in [0.1, 0.15) is 59.9 Å². The summed E-state index contributed by atoms with van der Waals surface area (Å²) in [6.07, 6.45) is 5.51. The number of amides is 1. The van der Waals surface area contributed by atoms with Crippen LogP contribution in [0, 0.1) is 6.92 Å². The molecule has 0 spiro atoms. The predicted octanol–water partition coefficient (Wildman–Crippen LogP) is 2.58. The highest BCUT2D eigenvalue weighted by atomic mass is 16.5. The van der Waals surface area contributed by atoms with E-state index in [1.54, 1.807) is 0 Å². The fourth-order valence-electron chi connectivity index (χ4n) is 3.69. The lowest BCUT2D eigenvalue weighted by molar-refractivity contribution is 0.0726. The van der Waals surface area contributed by atoms with E-state index in [9.17, 15) is 4.79 Å². The molecular formula is C17H22N4O2. The van der Waals surface area contributed by atoms with Gasteiger partial charge in [0.05, 0.1) is 17.0 Å². The second-order valence-electron chi connectivity index (χ2n) is 6.56. The van der Waals surface area contributed by atoms with E-state index in [2.05, 4.69) is 15.5 Å². The molecule has 6 nitrogen and oxygen atoms in total. The van der Waals surface area contributed by atoms with Crippen molar-refractivity contribution in [1.29, 1.82) is 0 Å². The van der Waals surface area contributed by atoms with E-state index >= 15 is 0 Å². The molecule has 4 rings (SSSR count). The van der Waals surface area contributed by atoms with Crippen molar-refractivity contribution in [2.75, 3.05) is 19.6 Å². The lowest BCUT2D eigenvalue weighted by Crippen LogP contribution is -2.35. The minimum absolute atomic E-state index is 0.0858. The van der Waals surface area contributed by atoms with Crippen molar-refractivity contribution in [2.45, 2.75) is 45.1 Å². The number of nitrogens with zero attached hydrogens (tertiary/aromatic N) is 3. The third kappa shape index (κ3) is 2.61. The van der Waals surface area contributed by atoms with E-state index in [1.807, 2.05) is 17.9 Å². The van der Waals surface area contributed by atoms with Gasteiger partial charge in [-0.2, -0.15) is 0 Å². The average Bonchev–Trinajstić information content (AvgIpc) is 3.23. The van der Waals surface area contributed by atoms with Crippen LogP contribution in [-0.4, -0.2) is 40.6 Å². The maximum atomic E-state index is 13.0. The molecule has 0 radical (unpaired) electrons. The van der Waals surface area contributed by atoms with Crippen LogP contribution in [-0.2, 0) is 0 Å². The first-order valence-corrected chi connectivity index (χ1v) is 8.53. The van der Waals surface area contributed by atoms with Crippen LogP contribution in [0.15, 0.2) is 10.6 Å². The third-order valence-electron chi connectivity index (χ3n) is 4.86. The summed E-state index contributed by atoms with van der Waals surface area (Å²) in [5.41, 5.74) is 2.80. The van der Waals surface area contributed by atoms with E-state index in [0.29, 0.717) is 11.3 Å². The number of carbonyl (C=O) groups is 1. The Labute approximate surface area is 135 Å². The molecule has 2 aromatic rings. The van der Waals surface area contributed by atoms with Gasteiger partial charge >= 0.3 is 0 Å². The van der Waals surface area contributed by atoms with Crippen molar-refractivity contribution < 1.29 is 9.32 Å². The molecule has 2 aliphatic heterocycles. The maximum absolute atomic E-state index is 13.0.